The van der Waals surface area contributed by atoms with E-state index in [9.17, 15) is 4.79 Å². The lowest BCUT2D eigenvalue weighted by atomic mass is 10.0. The molecule has 0 amide bonds. The SMILES string of the molecule is CC(=CCOc1ccc(OC(C)(C)C(=O)O)cc1)c1ccc(-c2ccccc2)cc1. The lowest BCUT2D eigenvalue weighted by Crippen LogP contribution is -2.37. The Morgan fingerprint density at radius 1 is 0.867 bits per heavy atom. The third-order valence-electron chi connectivity index (χ3n) is 4.80. The summed E-state index contributed by atoms with van der Waals surface area (Å²) < 4.78 is 11.3. The first-order valence-corrected chi connectivity index (χ1v) is 9.83. The quantitative estimate of drug-likeness (QED) is 0.496. The first-order chi connectivity index (χ1) is 14.3. The Kier molecular flexibility index (Phi) is 6.58. The number of hydrogen-bond acceptors (Lipinski definition) is 3. The van der Waals surface area contributed by atoms with Crippen LogP contribution in [0, 0.1) is 0 Å². The van der Waals surface area contributed by atoms with Gasteiger partial charge in [0.25, 0.3) is 0 Å². The van der Waals surface area contributed by atoms with E-state index in [2.05, 4.69) is 43.3 Å². The molecule has 0 aliphatic carbocycles. The zero-order chi connectivity index (χ0) is 21.6. The smallest absolute Gasteiger partial charge is 0.347 e. The minimum absolute atomic E-state index is 0.438. The molecule has 0 aliphatic rings. The van der Waals surface area contributed by atoms with Crippen molar-refractivity contribution in [1.29, 1.82) is 0 Å². The molecule has 0 bridgehead atoms. The Morgan fingerprint density at radius 2 is 1.43 bits per heavy atom. The fraction of sp³-hybridized carbons (Fsp3) is 0.192. The van der Waals surface area contributed by atoms with Crippen molar-refractivity contribution in [2.24, 2.45) is 0 Å². The molecule has 0 aliphatic heterocycles. The van der Waals surface area contributed by atoms with Crippen LogP contribution in [0.1, 0.15) is 26.3 Å². The molecule has 3 aromatic rings. The molecule has 0 heterocycles. The van der Waals surface area contributed by atoms with Crippen LogP contribution in [0.3, 0.4) is 0 Å². The van der Waals surface area contributed by atoms with Crippen molar-refractivity contribution in [2.45, 2.75) is 26.4 Å². The topological polar surface area (TPSA) is 55.8 Å². The number of carboxylic acids is 1. The van der Waals surface area contributed by atoms with Gasteiger partial charge in [0, 0.05) is 0 Å². The summed E-state index contributed by atoms with van der Waals surface area (Å²) in [6, 6.07) is 25.7. The zero-order valence-corrected chi connectivity index (χ0v) is 17.5. The summed E-state index contributed by atoms with van der Waals surface area (Å²) in [6.07, 6.45) is 2.04. The van der Waals surface area contributed by atoms with Gasteiger partial charge in [-0.05, 0) is 73.4 Å². The van der Waals surface area contributed by atoms with E-state index in [1.54, 1.807) is 24.3 Å². The average molecular weight is 402 g/mol. The summed E-state index contributed by atoms with van der Waals surface area (Å²) in [5.41, 5.74) is 3.40. The third-order valence-corrected chi connectivity index (χ3v) is 4.80. The predicted molar refractivity (Wildman–Crippen MR) is 120 cm³/mol. The van der Waals surface area contributed by atoms with Gasteiger partial charge in [-0.1, -0.05) is 54.6 Å². The first-order valence-electron chi connectivity index (χ1n) is 9.83. The molecular formula is C26H26O4. The molecular weight excluding hydrogens is 376 g/mol. The summed E-state index contributed by atoms with van der Waals surface area (Å²) in [6.45, 7) is 5.53. The molecule has 3 rings (SSSR count). The van der Waals surface area contributed by atoms with Gasteiger partial charge in [-0.3, -0.25) is 0 Å². The van der Waals surface area contributed by atoms with Gasteiger partial charge in [0.1, 0.15) is 18.1 Å². The number of carbonyl (C=O) groups is 1. The highest BCUT2D eigenvalue weighted by Gasteiger charge is 2.29. The van der Waals surface area contributed by atoms with Crippen molar-refractivity contribution < 1.29 is 19.4 Å². The monoisotopic (exact) mass is 402 g/mol. The maximum Gasteiger partial charge on any atom is 0.347 e. The molecule has 4 nitrogen and oxygen atoms in total. The molecule has 154 valence electrons. The predicted octanol–water partition coefficient (Wildman–Crippen LogP) is 6.08. The lowest BCUT2D eigenvalue weighted by Gasteiger charge is -2.21. The molecule has 0 atom stereocenters. The fourth-order valence-electron chi connectivity index (χ4n) is 2.88. The van der Waals surface area contributed by atoms with E-state index in [0.29, 0.717) is 18.1 Å². The van der Waals surface area contributed by atoms with Crippen LogP contribution in [0.15, 0.2) is 84.9 Å². The second-order valence-electron chi connectivity index (χ2n) is 7.53. The molecule has 0 saturated carbocycles. The largest absolute Gasteiger partial charge is 0.490 e. The highest BCUT2D eigenvalue weighted by molar-refractivity contribution is 5.76. The molecule has 0 saturated heterocycles. The summed E-state index contributed by atoms with van der Waals surface area (Å²) in [4.78, 5) is 11.1. The summed E-state index contributed by atoms with van der Waals surface area (Å²) in [5.74, 6) is 0.166. The van der Waals surface area contributed by atoms with Crippen molar-refractivity contribution in [1.82, 2.24) is 0 Å². The van der Waals surface area contributed by atoms with Crippen molar-refractivity contribution >= 4 is 11.5 Å². The molecule has 0 unspecified atom stereocenters. The molecule has 0 aromatic heterocycles. The number of carboxylic acid groups (broad SMARTS) is 1. The Hall–Kier alpha value is -3.53. The normalized spacial score (nSPS) is 11.8. The Bertz CT molecular complexity index is 1000. The molecule has 4 heteroatoms. The van der Waals surface area contributed by atoms with E-state index >= 15 is 0 Å². The molecule has 3 aromatic carbocycles. The van der Waals surface area contributed by atoms with E-state index in [1.807, 2.05) is 24.3 Å². The molecule has 1 N–H and O–H groups in total. The van der Waals surface area contributed by atoms with Crippen molar-refractivity contribution in [3.8, 4) is 22.6 Å². The minimum Gasteiger partial charge on any atom is -0.490 e. The van der Waals surface area contributed by atoms with Crippen LogP contribution in [0.2, 0.25) is 0 Å². The van der Waals surface area contributed by atoms with Gasteiger partial charge < -0.3 is 14.6 Å². The maximum atomic E-state index is 11.1. The minimum atomic E-state index is -1.28. The first kappa shape index (κ1) is 21.2. The number of hydrogen-bond donors (Lipinski definition) is 1. The Balaban J connectivity index is 1.56. The Labute approximate surface area is 177 Å². The Morgan fingerprint density at radius 3 is 2.03 bits per heavy atom. The molecule has 0 fully saturated rings. The number of rotatable bonds is 8. The van der Waals surface area contributed by atoms with Gasteiger partial charge >= 0.3 is 5.97 Å². The van der Waals surface area contributed by atoms with Crippen molar-refractivity contribution in [3.05, 3.63) is 90.5 Å². The van der Waals surface area contributed by atoms with E-state index in [1.165, 1.54) is 25.0 Å². The van der Waals surface area contributed by atoms with Crippen LogP contribution in [0.5, 0.6) is 11.5 Å². The van der Waals surface area contributed by atoms with Gasteiger partial charge in [0.2, 0.25) is 0 Å². The molecule has 0 spiro atoms. The van der Waals surface area contributed by atoms with Crippen LogP contribution in [-0.2, 0) is 4.79 Å². The number of allylic oxidation sites excluding steroid dienone is 1. The van der Waals surface area contributed by atoms with Crippen molar-refractivity contribution in [3.63, 3.8) is 0 Å². The standard InChI is InChI=1S/C26H26O4/c1-19(20-9-11-22(12-10-20)21-7-5-4-6-8-21)17-18-29-23-13-15-24(16-14-23)30-26(2,3)25(27)28/h4-17H,18H2,1-3H3,(H,27,28). The number of ether oxygens (including phenoxy) is 2. The summed E-state index contributed by atoms with van der Waals surface area (Å²) in [7, 11) is 0. The number of aliphatic carboxylic acids is 1. The van der Waals surface area contributed by atoms with Gasteiger partial charge in [-0.25, -0.2) is 4.79 Å². The van der Waals surface area contributed by atoms with E-state index in [-0.39, 0.29) is 0 Å². The maximum absolute atomic E-state index is 11.1. The summed E-state index contributed by atoms with van der Waals surface area (Å²) >= 11 is 0. The fourth-order valence-corrected chi connectivity index (χ4v) is 2.88. The van der Waals surface area contributed by atoms with Gasteiger partial charge in [0.15, 0.2) is 5.60 Å². The second kappa shape index (κ2) is 9.31. The van der Waals surface area contributed by atoms with E-state index in [0.717, 1.165) is 11.1 Å². The van der Waals surface area contributed by atoms with E-state index < -0.39 is 11.6 Å². The summed E-state index contributed by atoms with van der Waals surface area (Å²) in [5, 5.41) is 9.14. The lowest BCUT2D eigenvalue weighted by molar-refractivity contribution is -0.152. The van der Waals surface area contributed by atoms with E-state index in [4.69, 9.17) is 14.6 Å². The third kappa shape index (κ3) is 5.51. The van der Waals surface area contributed by atoms with Gasteiger partial charge in [0.05, 0.1) is 0 Å². The van der Waals surface area contributed by atoms with Crippen LogP contribution in [0.25, 0.3) is 16.7 Å². The highest BCUT2D eigenvalue weighted by Crippen LogP contribution is 2.24. The van der Waals surface area contributed by atoms with Gasteiger partial charge in [-0.15, -0.1) is 0 Å². The highest BCUT2D eigenvalue weighted by atomic mass is 16.5. The van der Waals surface area contributed by atoms with Crippen LogP contribution < -0.4 is 9.47 Å². The molecule has 30 heavy (non-hydrogen) atoms. The van der Waals surface area contributed by atoms with Gasteiger partial charge in [-0.2, -0.15) is 0 Å². The molecule has 0 radical (unpaired) electrons. The average Bonchev–Trinajstić information content (AvgIpc) is 2.75. The van der Waals surface area contributed by atoms with Crippen molar-refractivity contribution in [2.75, 3.05) is 6.61 Å². The van der Waals surface area contributed by atoms with Crippen LogP contribution in [0.4, 0.5) is 0 Å². The second-order valence-corrected chi connectivity index (χ2v) is 7.53. The van der Waals surface area contributed by atoms with Crippen LogP contribution >= 0.6 is 0 Å². The zero-order valence-electron chi connectivity index (χ0n) is 17.5. The number of benzene rings is 3. The van der Waals surface area contributed by atoms with Crippen LogP contribution in [-0.4, -0.2) is 23.3 Å².